The summed E-state index contributed by atoms with van der Waals surface area (Å²) in [5, 5.41) is 6.46. The van der Waals surface area contributed by atoms with Gasteiger partial charge in [-0.3, -0.25) is 0 Å². The van der Waals surface area contributed by atoms with Crippen molar-refractivity contribution in [3.05, 3.63) is 48.0 Å². The van der Waals surface area contributed by atoms with Gasteiger partial charge in [-0.2, -0.15) is 0 Å². The zero-order valence-electron chi connectivity index (χ0n) is 12.3. The third-order valence-electron chi connectivity index (χ3n) is 4.52. The Labute approximate surface area is 122 Å². The fourth-order valence-electron chi connectivity index (χ4n) is 3.30. The van der Waals surface area contributed by atoms with E-state index >= 15 is 0 Å². The van der Waals surface area contributed by atoms with Crippen molar-refractivity contribution in [1.29, 1.82) is 0 Å². The molecule has 1 N–H and O–H groups in total. The lowest BCUT2D eigenvalue weighted by atomic mass is 10.0. The van der Waals surface area contributed by atoms with E-state index in [1.54, 1.807) is 0 Å². The third kappa shape index (κ3) is 3.61. The lowest BCUT2D eigenvalue weighted by molar-refractivity contribution is 0.463. The van der Waals surface area contributed by atoms with Gasteiger partial charge >= 0.3 is 0 Å². The quantitative estimate of drug-likeness (QED) is 0.792. The molecule has 0 saturated heterocycles. The highest BCUT2D eigenvalue weighted by atomic mass is 14.9. The van der Waals surface area contributed by atoms with E-state index in [2.05, 4.69) is 47.8 Å². The minimum atomic E-state index is 0.762. The highest BCUT2D eigenvalue weighted by Gasteiger charge is 2.10. The maximum absolute atomic E-state index is 3.76. The van der Waals surface area contributed by atoms with E-state index in [0.29, 0.717) is 0 Å². The molecule has 0 unspecified atom stereocenters. The predicted octanol–water partition coefficient (Wildman–Crippen LogP) is 4.69. The van der Waals surface area contributed by atoms with Crippen LogP contribution in [-0.4, -0.2) is 12.6 Å². The van der Waals surface area contributed by atoms with Crippen molar-refractivity contribution in [2.24, 2.45) is 0 Å². The van der Waals surface area contributed by atoms with Crippen molar-refractivity contribution in [3.8, 4) is 0 Å². The first kappa shape index (κ1) is 13.6. The molecule has 2 aromatic carbocycles. The first-order chi connectivity index (χ1) is 9.92. The Morgan fingerprint density at radius 3 is 2.40 bits per heavy atom. The Kier molecular flexibility index (Phi) is 4.70. The van der Waals surface area contributed by atoms with Crippen LogP contribution in [0.15, 0.2) is 42.5 Å². The van der Waals surface area contributed by atoms with Gasteiger partial charge < -0.3 is 5.32 Å². The molecule has 20 heavy (non-hydrogen) atoms. The summed E-state index contributed by atoms with van der Waals surface area (Å²) in [7, 11) is 0. The maximum atomic E-state index is 3.76. The van der Waals surface area contributed by atoms with Gasteiger partial charge in [0, 0.05) is 6.04 Å². The van der Waals surface area contributed by atoms with Gasteiger partial charge in [0.15, 0.2) is 0 Å². The molecule has 1 aliphatic rings. The van der Waals surface area contributed by atoms with Crippen LogP contribution in [0, 0.1) is 0 Å². The summed E-state index contributed by atoms with van der Waals surface area (Å²) in [6.07, 6.45) is 9.57. The average molecular weight is 267 g/mol. The van der Waals surface area contributed by atoms with Crippen molar-refractivity contribution in [2.75, 3.05) is 6.54 Å². The highest BCUT2D eigenvalue weighted by Crippen LogP contribution is 2.18. The molecule has 1 aliphatic carbocycles. The highest BCUT2D eigenvalue weighted by molar-refractivity contribution is 5.82. The molecule has 1 heteroatoms. The van der Waals surface area contributed by atoms with Gasteiger partial charge in [0.25, 0.3) is 0 Å². The zero-order chi connectivity index (χ0) is 13.6. The van der Waals surface area contributed by atoms with Crippen LogP contribution in [-0.2, 0) is 6.42 Å². The summed E-state index contributed by atoms with van der Waals surface area (Å²) in [5.41, 5.74) is 1.45. The largest absolute Gasteiger partial charge is 0.314 e. The summed E-state index contributed by atoms with van der Waals surface area (Å²) in [6.45, 7) is 1.11. The number of hydrogen-bond acceptors (Lipinski definition) is 1. The molecule has 0 aromatic heterocycles. The van der Waals surface area contributed by atoms with E-state index in [-0.39, 0.29) is 0 Å². The summed E-state index contributed by atoms with van der Waals surface area (Å²) in [5.74, 6) is 0. The van der Waals surface area contributed by atoms with Crippen LogP contribution < -0.4 is 5.32 Å². The number of benzene rings is 2. The fourth-order valence-corrected chi connectivity index (χ4v) is 3.30. The molecule has 1 nitrogen and oxygen atoms in total. The molecule has 0 heterocycles. The smallest absolute Gasteiger partial charge is 0.00671 e. The molecule has 1 saturated carbocycles. The van der Waals surface area contributed by atoms with Crippen LogP contribution in [0.1, 0.15) is 44.1 Å². The molecule has 0 atom stereocenters. The molecule has 0 radical (unpaired) electrons. The lowest BCUT2D eigenvalue weighted by Crippen LogP contribution is -2.30. The Morgan fingerprint density at radius 1 is 0.850 bits per heavy atom. The second-order valence-electron chi connectivity index (χ2n) is 6.07. The summed E-state index contributed by atoms with van der Waals surface area (Å²) in [4.78, 5) is 0. The molecular weight excluding hydrogens is 242 g/mol. The Balaban J connectivity index is 1.54. The van der Waals surface area contributed by atoms with E-state index in [4.69, 9.17) is 0 Å². The lowest BCUT2D eigenvalue weighted by Gasteiger charge is -2.16. The van der Waals surface area contributed by atoms with Crippen LogP contribution in [0.2, 0.25) is 0 Å². The predicted molar refractivity (Wildman–Crippen MR) is 87.1 cm³/mol. The van der Waals surface area contributed by atoms with Gasteiger partial charge in [0.05, 0.1) is 0 Å². The van der Waals surface area contributed by atoms with Crippen molar-refractivity contribution in [2.45, 2.75) is 51.0 Å². The van der Waals surface area contributed by atoms with Crippen molar-refractivity contribution < 1.29 is 0 Å². The minimum absolute atomic E-state index is 0.762. The van der Waals surface area contributed by atoms with E-state index in [1.165, 1.54) is 54.9 Å². The second-order valence-corrected chi connectivity index (χ2v) is 6.07. The normalized spacial score (nSPS) is 17.2. The van der Waals surface area contributed by atoms with Crippen LogP contribution in [0.25, 0.3) is 10.8 Å². The van der Waals surface area contributed by atoms with Crippen molar-refractivity contribution >= 4 is 10.8 Å². The van der Waals surface area contributed by atoms with Gasteiger partial charge in [-0.15, -0.1) is 0 Å². The fraction of sp³-hybridized carbons (Fsp3) is 0.474. The van der Waals surface area contributed by atoms with Gasteiger partial charge in [0.2, 0.25) is 0 Å². The summed E-state index contributed by atoms with van der Waals surface area (Å²) >= 11 is 0. The molecule has 106 valence electrons. The monoisotopic (exact) mass is 267 g/mol. The minimum Gasteiger partial charge on any atom is -0.314 e. The van der Waals surface area contributed by atoms with Crippen LogP contribution in [0.4, 0.5) is 0 Å². The number of nitrogens with one attached hydrogen (secondary N) is 1. The summed E-state index contributed by atoms with van der Waals surface area (Å²) < 4.78 is 0. The van der Waals surface area contributed by atoms with Crippen molar-refractivity contribution in [1.82, 2.24) is 5.32 Å². The standard InChI is InChI=1S/C19H25N/c1-2-4-10-19(9-3-1)20-14-13-16-11-12-17-7-5-6-8-18(17)15-16/h5-8,11-12,15,19-20H,1-4,9-10,13-14H2. The Bertz CT molecular complexity index is 538. The number of hydrogen-bond donors (Lipinski definition) is 1. The molecule has 0 bridgehead atoms. The average Bonchev–Trinajstić information content (AvgIpc) is 2.76. The second kappa shape index (κ2) is 6.90. The van der Waals surface area contributed by atoms with Gasteiger partial charge in [-0.1, -0.05) is 68.1 Å². The Morgan fingerprint density at radius 2 is 1.60 bits per heavy atom. The SMILES string of the molecule is c1ccc2cc(CCNC3CCCCCC3)ccc2c1. The van der Waals surface area contributed by atoms with Crippen LogP contribution in [0.5, 0.6) is 0 Å². The van der Waals surface area contributed by atoms with Crippen molar-refractivity contribution in [3.63, 3.8) is 0 Å². The first-order valence-electron chi connectivity index (χ1n) is 8.13. The maximum Gasteiger partial charge on any atom is 0.00671 e. The Hall–Kier alpha value is -1.34. The molecule has 2 aromatic rings. The topological polar surface area (TPSA) is 12.0 Å². The number of fused-ring (bicyclic) bond motifs is 1. The summed E-state index contributed by atoms with van der Waals surface area (Å²) in [6, 6.07) is 16.2. The van der Waals surface area contributed by atoms with Crippen LogP contribution in [0.3, 0.4) is 0 Å². The van der Waals surface area contributed by atoms with Gasteiger partial charge in [-0.05, 0) is 42.1 Å². The first-order valence-corrected chi connectivity index (χ1v) is 8.13. The molecule has 1 fully saturated rings. The van der Waals surface area contributed by atoms with Gasteiger partial charge in [0.1, 0.15) is 0 Å². The molecular formula is C19H25N. The van der Waals surface area contributed by atoms with Crippen LogP contribution >= 0.6 is 0 Å². The van der Waals surface area contributed by atoms with E-state index < -0.39 is 0 Å². The molecule has 0 amide bonds. The third-order valence-corrected chi connectivity index (χ3v) is 4.52. The van der Waals surface area contributed by atoms with Gasteiger partial charge in [-0.25, -0.2) is 0 Å². The number of rotatable bonds is 4. The van der Waals surface area contributed by atoms with E-state index in [1.807, 2.05) is 0 Å². The molecule has 3 rings (SSSR count). The molecule has 0 spiro atoms. The zero-order valence-corrected chi connectivity index (χ0v) is 12.3. The molecule has 0 aliphatic heterocycles. The van der Waals surface area contributed by atoms with E-state index in [0.717, 1.165) is 19.0 Å². The van der Waals surface area contributed by atoms with E-state index in [9.17, 15) is 0 Å².